The number of allylic oxidation sites excluding steroid dienone is 1. The molecule has 1 rings (SSSR count). The van der Waals surface area contributed by atoms with E-state index in [1.807, 2.05) is 0 Å². The number of rotatable bonds is 3. The third-order valence-corrected chi connectivity index (χ3v) is 3.32. The molecule has 1 fully saturated rings. The third-order valence-electron chi connectivity index (χ3n) is 3.32. The Hall–Kier alpha value is -0.590. The van der Waals surface area contributed by atoms with Crippen LogP contribution >= 0.6 is 0 Å². The first kappa shape index (κ1) is 10.5. The topological polar surface area (TPSA) is 17.1 Å². The molecule has 0 atom stereocenters. The van der Waals surface area contributed by atoms with Crippen molar-refractivity contribution in [3.63, 3.8) is 0 Å². The molecule has 0 saturated heterocycles. The van der Waals surface area contributed by atoms with Gasteiger partial charge < -0.3 is 0 Å². The Morgan fingerprint density at radius 3 is 2.23 bits per heavy atom. The number of hydrogen-bond acceptors (Lipinski definition) is 1. The second kappa shape index (κ2) is 4.59. The molecule has 1 aliphatic rings. The smallest absolute Gasteiger partial charge is 0.158 e. The molecule has 0 radical (unpaired) electrons. The minimum absolute atomic E-state index is 0.252. The summed E-state index contributed by atoms with van der Waals surface area (Å²) in [5, 5.41) is 0. The van der Waals surface area contributed by atoms with Crippen molar-refractivity contribution in [1.29, 1.82) is 0 Å². The van der Waals surface area contributed by atoms with Gasteiger partial charge in [-0.3, -0.25) is 4.79 Å². The average molecular weight is 180 g/mol. The van der Waals surface area contributed by atoms with Gasteiger partial charge in [0.25, 0.3) is 0 Å². The van der Waals surface area contributed by atoms with Crippen LogP contribution in [0.2, 0.25) is 0 Å². The normalized spacial score (nSPS) is 28.8. The maximum atomic E-state index is 11.3. The van der Waals surface area contributed by atoms with E-state index in [-0.39, 0.29) is 11.7 Å². The number of carbonyl (C=O) groups is 1. The Bertz CT molecular complexity index is 185. The zero-order valence-electron chi connectivity index (χ0n) is 8.75. The lowest BCUT2D eigenvalue weighted by Gasteiger charge is -2.29. The summed E-state index contributed by atoms with van der Waals surface area (Å²) in [7, 11) is 0. The Labute approximate surface area is 81.2 Å². The average Bonchev–Trinajstić information content (AvgIpc) is 2.17. The molecular weight excluding hydrogens is 160 g/mol. The van der Waals surface area contributed by atoms with E-state index < -0.39 is 0 Å². The van der Waals surface area contributed by atoms with Crippen LogP contribution in [0.4, 0.5) is 0 Å². The first-order valence-electron chi connectivity index (χ1n) is 5.31. The highest BCUT2D eigenvalue weighted by molar-refractivity contribution is 5.91. The van der Waals surface area contributed by atoms with E-state index in [2.05, 4.69) is 20.4 Å². The highest BCUT2D eigenvalue weighted by Crippen LogP contribution is 2.33. The Balaban J connectivity index is 2.38. The van der Waals surface area contributed by atoms with Gasteiger partial charge in [0.1, 0.15) is 0 Å². The van der Waals surface area contributed by atoms with E-state index in [0.717, 1.165) is 24.7 Å². The van der Waals surface area contributed by atoms with Crippen LogP contribution in [0.5, 0.6) is 0 Å². The predicted octanol–water partition coefficient (Wildman–Crippen LogP) is 3.20. The van der Waals surface area contributed by atoms with E-state index in [9.17, 15) is 4.79 Å². The van der Waals surface area contributed by atoms with Crippen molar-refractivity contribution in [1.82, 2.24) is 0 Å². The van der Waals surface area contributed by atoms with E-state index in [0.29, 0.717) is 0 Å². The molecule has 0 heterocycles. The van der Waals surface area contributed by atoms with Crippen molar-refractivity contribution in [2.24, 2.45) is 17.8 Å². The number of carbonyl (C=O) groups excluding carboxylic acids is 1. The Morgan fingerprint density at radius 1 is 1.31 bits per heavy atom. The summed E-state index contributed by atoms with van der Waals surface area (Å²) in [6.45, 7) is 8.10. The molecule has 0 N–H and O–H groups in total. The van der Waals surface area contributed by atoms with Gasteiger partial charge >= 0.3 is 0 Å². The maximum Gasteiger partial charge on any atom is 0.158 e. The third kappa shape index (κ3) is 2.68. The van der Waals surface area contributed by atoms with Crippen LogP contribution in [0.25, 0.3) is 0 Å². The van der Waals surface area contributed by atoms with Crippen LogP contribution in [-0.4, -0.2) is 5.78 Å². The summed E-state index contributed by atoms with van der Waals surface area (Å²) in [5.41, 5.74) is 0. The van der Waals surface area contributed by atoms with Gasteiger partial charge in [-0.1, -0.05) is 20.4 Å². The van der Waals surface area contributed by atoms with Gasteiger partial charge in [-0.25, -0.2) is 0 Å². The minimum atomic E-state index is 0.252. The largest absolute Gasteiger partial charge is 0.295 e. The zero-order valence-corrected chi connectivity index (χ0v) is 8.75. The molecule has 1 aliphatic carbocycles. The van der Waals surface area contributed by atoms with E-state index >= 15 is 0 Å². The maximum absolute atomic E-state index is 11.3. The van der Waals surface area contributed by atoms with Crippen molar-refractivity contribution < 1.29 is 4.79 Å². The summed E-state index contributed by atoms with van der Waals surface area (Å²) >= 11 is 0. The molecule has 1 heteroatoms. The molecule has 1 nitrogen and oxygen atoms in total. The van der Waals surface area contributed by atoms with Gasteiger partial charge in [-0.15, -0.1) is 0 Å². The fraction of sp³-hybridized carbons (Fsp3) is 0.750. The first-order chi connectivity index (χ1) is 6.15. The second-order valence-corrected chi connectivity index (χ2v) is 4.46. The Kier molecular flexibility index (Phi) is 3.71. The zero-order chi connectivity index (χ0) is 9.84. The fourth-order valence-corrected chi connectivity index (χ4v) is 2.24. The molecule has 0 unspecified atom stereocenters. The van der Waals surface area contributed by atoms with Crippen LogP contribution in [0.1, 0.15) is 39.5 Å². The molecule has 74 valence electrons. The summed E-state index contributed by atoms with van der Waals surface area (Å²) in [6.07, 6.45) is 6.09. The molecule has 0 aromatic rings. The van der Waals surface area contributed by atoms with Crippen LogP contribution in [0.3, 0.4) is 0 Å². The Morgan fingerprint density at radius 2 is 1.85 bits per heavy atom. The van der Waals surface area contributed by atoms with Crippen molar-refractivity contribution in [3.8, 4) is 0 Å². The van der Waals surface area contributed by atoms with Crippen molar-refractivity contribution in [2.75, 3.05) is 0 Å². The van der Waals surface area contributed by atoms with Crippen LogP contribution in [0, 0.1) is 17.8 Å². The lowest BCUT2D eigenvalue weighted by atomic mass is 9.76. The fourth-order valence-electron chi connectivity index (χ4n) is 2.24. The van der Waals surface area contributed by atoms with E-state index in [1.165, 1.54) is 18.9 Å². The molecule has 1 saturated carbocycles. The molecule has 13 heavy (non-hydrogen) atoms. The molecule has 0 amide bonds. The summed E-state index contributed by atoms with van der Waals surface area (Å²) in [5.74, 6) is 2.16. The summed E-state index contributed by atoms with van der Waals surface area (Å²) in [4.78, 5) is 11.3. The van der Waals surface area contributed by atoms with Gasteiger partial charge in [-0.2, -0.15) is 0 Å². The quantitative estimate of drug-likeness (QED) is 0.609. The van der Waals surface area contributed by atoms with Gasteiger partial charge in [0, 0.05) is 5.92 Å². The van der Waals surface area contributed by atoms with Crippen molar-refractivity contribution >= 4 is 5.78 Å². The minimum Gasteiger partial charge on any atom is -0.295 e. The van der Waals surface area contributed by atoms with E-state index in [1.54, 1.807) is 0 Å². The molecule has 0 aromatic carbocycles. The SMILES string of the molecule is C=CC(=O)C1CCC(C(C)C)CC1. The molecular formula is C12H20O. The second-order valence-electron chi connectivity index (χ2n) is 4.46. The summed E-state index contributed by atoms with van der Waals surface area (Å²) in [6, 6.07) is 0. The first-order valence-corrected chi connectivity index (χ1v) is 5.31. The molecule has 0 aliphatic heterocycles. The van der Waals surface area contributed by atoms with Crippen LogP contribution < -0.4 is 0 Å². The molecule has 0 bridgehead atoms. The highest BCUT2D eigenvalue weighted by Gasteiger charge is 2.25. The summed E-state index contributed by atoms with van der Waals surface area (Å²) < 4.78 is 0. The van der Waals surface area contributed by atoms with Gasteiger partial charge in [0.15, 0.2) is 5.78 Å². The monoisotopic (exact) mass is 180 g/mol. The lowest BCUT2D eigenvalue weighted by Crippen LogP contribution is -2.22. The van der Waals surface area contributed by atoms with Crippen molar-refractivity contribution in [2.45, 2.75) is 39.5 Å². The van der Waals surface area contributed by atoms with E-state index in [4.69, 9.17) is 0 Å². The lowest BCUT2D eigenvalue weighted by molar-refractivity contribution is -0.119. The molecule has 0 spiro atoms. The van der Waals surface area contributed by atoms with Crippen LogP contribution in [0.15, 0.2) is 12.7 Å². The highest BCUT2D eigenvalue weighted by atomic mass is 16.1. The van der Waals surface area contributed by atoms with Crippen LogP contribution in [-0.2, 0) is 4.79 Å². The number of ketones is 1. The standard InChI is InChI=1S/C12H20O/c1-4-12(13)11-7-5-10(6-8-11)9(2)3/h4,9-11H,1,5-8H2,2-3H3. The van der Waals surface area contributed by atoms with Gasteiger partial charge in [-0.05, 0) is 43.6 Å². The predicted molar refractivity (Wildman–Crippen MR) is 55.5 cm³/mol. The number of hydrogen-bond donors (Lipinski definition) is 0. The van der Waals surface area contributed by atoms with Gasteiger partial charge in [0.2, 0.25) is 0 Å². The molecule has 0 aromatic heterocycles. The van der Waals surface area contributed by atoms with Gasteiger partial charge in [0.05, 0.1) is 0 Å². The van der Waals surface area contributed by atoms with Crippen molar-refractivity contribution in [3.05, 3.63) is 12.7 Å².